The van der Waals surface area contributed by atoms with Crippen LogP contribution < -0.4 is 0 Å². The number of nitrogens with one attached hydrogen (secondary N) is 1. The van der Waals surface area contributed by atoms with Gasteiger partial charge in [-0.05, 0) is 63.3 Å². The number of Topliss-reactive ketones (excluding diaryl/α,β-unsaturated/α-hetero) is 1. The topological polar surface area (TPSA) is 53.2 Å². The van der Waals surface area contributed by atoms with E-state index in [0.717, 1.165) is 56.5 Å². The van der Waals surface area contributed by atoms with Gasteiger partial charge in [-0.25, -0.2) is 0 Å². The van der Waals surface area contributed by atoms with Gasteiger partial charge >= 0.3 is 0 Å². The van der Waals surface area contributed by atoms with E-state index in [9.17, 15) is 9.59 Å². The second kappa shape index (κ2) is 7.39. The van der Waals surface area contributed by atoms with Gasteiger partial charge in [-0.3, -0.25) is 9.59 Å². The SMILES string of the molecule is Cc1[nH]c2c(c1C(=O)N1CCCC[C@@H]1CCc1cccs1)C(=O)CCC2. The maximum atomic E-state index is 13.4. The van der Waals surface area contributed by atoms with Gasteiger partial charge in [0, 0.05) is 35.3 Å². The Morgan fingerprint density at radius 3 is 3.00 bits per heavy atom. The van der Waals surface area contributed by atoms with Crippen molar-refractivity contribution in [3.05, 3.63) is 44.9 Å². The zero-order valence-corrected chi connectivity index (χ0v) is 16.2. The van der Waals surface area contributed by atoms with E-state index in [1.54, 1.807) is 11.3 Å². The van der Waals surface area contributed by atoms with Crippen molar-refractivity contribution < 1.29 is 9.59 Å². The normalized spacial score (nSPS) is 20.3. The predicted octanol–water partition coefficient (Wildman–Crippen LogP) is 4.53. The van der Waals surface area contributed by atoms with Gasteiger partial charge < -0.3 is 9.88 Å². The molecule has 1 atom stereocenters. The van der Waals surface area contributed by atoms with Gasteiger partial charge in [0.15, 0.2) is 5.78 Å². The monoisotopic (exact) mass is 370 g/mol. The molecule has 0 bridgehead atoms. The van der Waals surface area contributed by atoms with E-state index in [-0.39, 0.29) is 17.7 Å². The van der Waals surface area contributed by atoms with Crippen LogP contribution in [0.1, 0.15) is 75.5 Å². The third-order valence-corrected chi connectivity index (χ3v) is 6.72. The Hall–Kier alpha value is -1.88. The number of ketones is 1. The van der Waals surface area contributed by atoms with E-state index < -0.39 is 0 Å². The molecule has 0 radical (unpaired) electrons. The Kier molecular flexibility index (Phi) is 4.98. The molecular formula is C21H26N2O2S. The van der Waals surface area contributed by atoms with Gasteiger partial charge in [-0.1, -0.05) is 6.07 Å². The molecule has 1 fully saturated rings. The fraction of sp³-hybridized carbons (Fsp3) is 0.524. The van der Waals surface area contributed by atoms with Crippen molar-refractivity contribution in [2.24, 2.45) is 0 Å². The van der Waals surface area contributed by atoms with Crippen molar-refractivity contribution in [3.63, 3.8) is 0 Å². The first-order chi connectivity index (χ1) is 12.6. The number of aromatic amines is 1. The molecule has 1 saturated heterocycles. The molecule has 2 aliphatic rings. The summed E-state index contributed by atoms with van der Waals surface area (Å²) < 4.78 is 0. The molecule has 4 rings (SSSR count). The molecule has 1 N–H and O–H groups in total. The van der Waals surface area contributed by atoms with Crippen LogP contribution in [0.5, 0.6) is 0 Å². The lowest BCUT2D eigenvalue weighted by Crippen LogP contribution is -2.44. The van der Waals surface area contributed by atoms with Crippen LogP contribution in [0.4, 0.5) is 0 Å². The van der Waals surface area contributed by atoms with Crippen LogP contribution in [0, 0.1) is 6.92 Å². The van der Waals surface area contributed by atoms with Gasteiger partial charge in [0.05, 0.1) is 11.1 Å². The highest BCUT2D eigenvalue weighted by molar-refractivity contribution is 7.09. The van der Waals surface area contributed by atoms with Crippen molar-refractivity contribution in [1.29, 1.82) is 0 Å². The number of nitrogens with zero attached hydrogens (tertiary/aromatic N) is 1. The summed E-state index contributed by atoms with van der Waals surface area (Å²) in [4.78, 5) is 32.7. The van der Waals surface area contributed by atoms with Crippen molar-refractivity contribution in [2.75, 3.05) is 6.54 Å². The number of aromatic nitrogens is 1. The van der Waals surface area contributed by atoms with Gasteiger partial charge in [0.25, 0.3) is 5.91 Å². The lowest BCUT2D eigenvalue weighted by atomic mass is 9.91. The van der Waals surface area contributed by atoms with Crippen molar-refractivity contribution in [3.8, 4) is 0 Å². The highest BCUT2D eigenvalue weighted by atomic mass is 32.1. The number of carbonyl (C=O) groups is 2. The number of fused-ring (bicyclic) bond motifs is 1. The number of likely N-dealkylation sites (tertiary alicyclic amines) is 1. The molecule has 0 unspecified atom stereocenters. The summed E-state index contributed by atoms with van der Waals surface area (Å²) in [6.45, 7) is 2.74. The second-order valence-electron chi connectivity index (χ2n) is 7.52. The molecule has 5 heteroatoms. The molecule has 3 heterocycles. The van der Waals surface area contributed by atoms with Crippen molar-refractivity contribution in [1.82, 2.24) is 9.88 Å². The number of hydrogen-bond donors (Lipinski definition) is 1. The largest absolute Gasteiger partial charge is 0.361 e. The molecular weight excluding hydrogens is 344 g/mol. The van der Waals surface area contributed by atoms with Crippen LogP contribution in [0.3, 0.4) is 0 Å². The first-order valence-corrected chi connectivity index (χ1v) is 10.6. The highest BCUT2D eigenvalue weighted by Gasteiger charge is 2.34. The summed E-state index contributed by atoms with van der Waals surface area (Å²) in [6, 6.07) is 4.54. The fourth-order valence-electron chi connectivity index (χ4n) is 4.48. The smallest absolute Gasteiger partial charge is 0.256 e. The fourth-order valence-corrected chi connectivity index (χ4v) is 5.20. The van der Waals surface area contributed by atoms with Crippen LogP contribution in [-0.2, 0) is 12.8 Å². The molecule has 2 aromatic heterocycles. The maximum absolute atomic E-state index is 13.4. The average Bonchev–Trinajstić information content (AvgIpc) is 3.27. The number of hydrogen-bond acceptors (Lipinski definition) is 3. The van der Waals surface area contributed by atoms with E-state index in [2.05, 4.69) is 27.4 Å². The average molecular weight is 371 g/mol. The van der Waals surface area contributed by atoms with Crippen molar-refractivity contribution in [2.45, 2.75) is 64.3 Å². The zero-order chi connectivity index (χ0) is 18.1. The molecule has 2 aromatic rings. The van der Waals surface area contributed by atoms with E-state index in [1.165, 1.54) is 11.3 Å². The molecule has 0 spiro atoms. The summed E-state index contributed by atoms with van der Waals surface area (Å²) in [6.07, 6.45) is 7.65. The number of aryl methyl sites for hydroxylation is 3. The summed E-state index contributed by atoms with van der Waals surface area (Å²) in [5, 5.41) is 2.11. The number of thiophene rings is 1. The lowest BCUT2D eigenvalue weighted by molar-refractivity contribution is 0.0598. The molecule has 4 nitrogen and oxygen atoms in total. The Labute approximate surface area is 158 Å². The second-order valence-corrected chi connectivity index (χ2v) is 8.55. The van der Waals surface area contributed by atoms with E-state index >= 15 is 0 Å². The minimum absolute atomic E-state index is 0.0612. The number of piperidine rings is 1. The Balaban J connectivity index is 1.58. The van der Waals surface area contributed by atoms with Gasteiger partial charge in [0.2, 0.25) is 0 Å². The van der Waals surface area contributed by atoms with E-state index in [4.69, 9.17) is 0 Å². The van der Waals surface area contributed by atoms with Crippen molar-refractivity contribution >= 4 is 23.0 Å². The number of carbonyl (C=O) groups excluding carboxylic acids is 2. The third kappa shape index (κ3) is 3.25. The minimum atomic E-state index is 0.0612. The first-order valence-electron chi connectivity index (χ1n) is 9.73. The van der Waals surface area contributed by atoms with Gasteiger partial charge in [0.1, 0.15) is 0 Å². The van der Waals surface area contributed by atoms with E-state index in [1.807, 2.05) is 6.92 Å². The Bertz CT molecular complexity index is 806. The standard InChI is InChI=1S/C21H26N2O2S/c1-14-19(20-17(22-14)8-4-9-18(20)24)21(25)23-12-3-2-6-15(23)10-11-16-7-5-13-26-16/h5,7,13,15,22H,2-4,6,8-12H2,1H3/t15-/m1/s1. The quantitative estimate of drug-likeness (QED) is 0.859. The molecule has 138 valence electrons. The van der Waals surface area contributed by atoms with Gasteiger partial charge in [-0.15, -0.1) is 11.3 Å². The number of amides is 1. The molecule has 0 saturated carbocycles. The maximum Gasteiger partial charge on any atom is 0.256 e. The minimum Gasteiger partial charge on any atom is -0.361 e. The predicted molar refractivity (Wildman–Crippen MR) is 104 cm³/mol. The van der Waals surface area contributed by atoms with Crippen LogP contribution in [0.25, 0.3) is 0 Å². The van der Waals surface area contributed by atoms with Gasteiger partial charge in [-0.2, -0.15) is 0 Å². The van der Waals surface area contributed by atoms with Crippen LogP contribution in [0.2, 0.25) is 0 Å². The summed E-state index contributed by atoms with van der Waals surface area (Å²) in [5.74, 6) is 0.192. The number of rotatable bonds is 4. The zero-order valence-electron chi connectivity index (χ0n) is 15.3. The van der Waals surface area contributed by atoms with Crippen LogP contribution >= 0.6 is 11.3 Å². The van der Waals surface area contributed by atoms with E-state index in [0.29, 0.717) is 17.5 Å². The lowest BCUT2D eigenvalue weighted by Gasteiger charge is -2.36. The highest BCUT2D eigenvalue weighted by Crippen LogP contribution is 2.31. The number of H-pyrrole nitrogens is 1. The molecule has 26 heavy (non-hydrogen) atoms. The van der Waals surface area contributed by atoms with Crippen LogP contribution in [0.15, 0.2) is 17.5 Å². The molecule has 1 aliphatic carbocycles. The third-order valence-electron chi connectivity index (χ3n) is 5.78. The Morgan fingerprint density at radius 1 is 1.31 bits per heavy atom. The first kappa shape index (κ1) is 17.5. The summed E-state index contributed by atoms with van der Waals surface area (Å²) in [5.41, 5.74) is 3.15. The molecule has 0 aromatic carbocycles. The Morgan fingerprint density at radius 2 is 2.19 bits per heavy atom. The molecule has 1 aliphatic heterocycles. The van der Waals surface area contributed by atoms with Crippen LogP contribution in [-0.4, -0.2) is 34.2 Å². The molecule has 1 amide bonds. The summed E-state index contributed by atoms with van der Waals surface area (Å²) in [7, 11) is 0. The summed E-state index contributed by atoms with van der Waals surface area (Å²) >= 11 is 1.79.